The van der Waals surface area contributed by atoms with Crippen LogP contribution in [-0.2, 0) is 4.74 Å². The monoisotopic (exact) mass is 398 g/mol. The molecule has 0 saturated heterocycles. The molecule has 0 bridgehead atoms. The molecule has 1 saturated carbocycles. The summed E-state index contributed by atoms with van der Waals surface area (Å²) in [5.41, 5.74) is 0.565. The average Bonchev–Trinajstić information content (AvgIpc) is 3.07. The Bertz CT molecular complexity index is 993. The van der Waals surface area contributed by atoms with Crippen LogP contribution in [-0.4, -0.2) is 53.6 Å². The minimum atomic E-state index is -0.294. The van der Waals surface area contributed by atoms with E-state index in [9.17, 15) is 4.79 Å². The Morgan fingerprint density at radius 1 is 1.25 bits per heavy atom. The van der Waals surface area contributed by atoms with Gasteiger partial charge in [0, 0.05) is 22.2 Å². The summed E-state index contributed by atoms with van der Waals surface area (Å²) < 4.78 is 6.26. The molecule has 0 aliphatic heterocycles. The molecule has 2 aromatic heterocycles. The largest absolute Gasteiger partial charge is 0.462 e. The second-order valence-corrected chi connectivity index (χ2v) is 8.58. The van der Waals surface area contributed by atoms with Gasteiger partial charge in [0.2, 0.25) is 0 Å². The second-order valence-electron chi connectivity index (χ2n) is 7.55. The number of carbonyl (C=O) groups excluding carboxylic acids is 1. The van der Waals surface area contributed by atoms with E-state index < -0.39 is 0 Å². The van der Waals surface area contributed by atoms with Crippen molar-refractivity contribution in [3.63, 3.8) is 0 Å². The lowest BCUT2D eigenvalue weighted by Gasteiger charge is -2.33. The van der Waals surface area contributed by atoms with Crippen molar-refractivity contribution in [2.75, 3.05) is 26.0 Å². The van der Waals surface area contributed by atoms with E-state index in [1.54, 1.807) is 17.7 Å². The highest BCUT2D eigenvalue weighted by Gasteiger charge is 2.24. The minimum absolute atomic E-state index is 0.294. The molecule has 1 N–H and O–H groups in total. The fourth-order valence-electron chi connectivity index (χ4n) is 3.99. The molecule has 3 aromatic rings. The van der Waals surface area contributed by atoms with Gasteiger partial charge in [0.15, 0.2) is 0 Å². The lowest BCUT2D eigenvalue weighted by molar-refractivity contribution is 0.0526. The zero-order valence-electron chi connectivity index (χ0n) is 16.6. The van der Waals surface area contributed by atoms with Crippen molar-refractivity contribution in [3.05, 3.63) is 30.1 Å². The van der Waals surface area contributed by atoms with E-state index in [0.29, 0.717) is 24.3 Å². The first-order valence-electron chi connectivity index (χ1n) is 9.84. The molecule has 1 aromatic carbocycles. The van der Waals surface area contributed by atoms with Gasteiger partial charge in [-0.2, -0.15) is 0 Å². The summed E-state index contributed by atoms with van der Waals surface area (Å²) in [5, 5.41) is 5.67. The molecule has 1 fully saturated rings. The Morgan fingerprint density at radius 2 is 2.04 bits per heavy atom. The van der Waals surface area contributed by atoms with E-state index in [-0.39, 0.29) is 5.97 Å². The van der Waals surface area contributed by atoms with Crippen molar-refractivity contribution in [1.29, 1.82) is 0 Å². The molecule has 1 aliphatic carbocycles. The maximum absolute atomic E-state index is 12.2. The highest BCUT2D eigenvalue weighted by atomic mass is 32.1. The summed E-state index contributed by atoms with van der Waals surface area (Å²) in [6.07, 6.45) is 6.26. The minimum Gasteiger partial charge on any atom is -0.462 e. The van der Waals surface area contributed by atoms with Crippen LogP contribution in [0.2, 0.25) is 0 Å². The zero-order chi connectivity index (χ0) is 19.7. The third kappa shape index (κ3) is 3.69. The van der Waals surface area contributed by atoms with Crippen LogP contribution >= 0.6 is 11.3 Å². The van der Waals surface area contributed by atoms with Crippen molar-refractivity contribution >= 4 is 43.4 Å². The van der Waals surface area contributed by atoms with Crippen LogP contribution in [0.5, 0.6) is 0 Å². The number of thiophene rings is 1. The number of hydrogen-bond acceptors (Lipinski definition) is 7. The molecule has 4 rings (SSSR count). The van der Waals surface area contributed by atoms with Gasteiger partial charge in [-0.25, -0.2) is 14.8 Å². The number of fused-ring (bicyclic) bond motifs is 3. The van der Waals surface area contributed by atoms with Gasteiger partial charge in [0.05, 0.1) is 17.6 Å². The fourth-order valence-corrected chi connectivity index (χ4v) is 5.01. The predicted molar refractivity (Wildman–Crippen MR) is 114 cm³/mol. The summed E-state index contributed by atoms with van der Waals surface area (Å²) in [7, 11) is 4.32. The van der Waals surface area contributed by atoms with Crippen molar-refractivity contribution in [3.8, 4) is 0 Å². The third-order valence-corrected chi connectivity index (χ3v) is 6.63. The van der Waals surface area contributed by atoms with Crippen molar-refractivity contribution < 1.29 is 9.53 Å². The summed E-state index contributed by atoms with van der Waals surface area (Å²) in [4.78, 5) is 24.4. The number of anilines is 1. The first-order valence-corrected chi connectivity index (χ1v) is 10.7. The fraction of sp³-hybridized carbons (Fsp3) is 0.476. The maximum atomic E-state index is 12.2. The van der Waals surface area contributed by atoms with E-state index in [4.69, 9.17) is 4.74 Å². The Hall–Kier alpha value is -2.25. The molecule has 7 heteroatoms. The lowest BCUT2D eigenvalue weighted by Crippen LogP contribution is -2.36. The first kappa shape index (κ1) is 19.1. The van der Waals surface area contributed by atoms with Crippen LogP contribution in [0.15, 0.2) is 24.5 Å². The summed E-state index contributed by atoms with van der Waals surface area (Å²) in [5.74, 6) is 0.572. The second kappa shape index (κ2) is 8.01. The number of esters is 1. The number of hydrogen-bond donors (Lipinski definition) is 1. The Kier molecular flexibility index (Phi) is 5.46. The first-order chi connectivity index (χ1) is 13.6. The molecule has 0 radical (unpaired) electrons. The molecule has 0 unspecified atom stereocenters. The normalized spacial score (nSPS) is 20.0. The van der Waals surface area contributed by atoms with E-state index in [1.165, 1.54) is 12.8 Å². The van der Waals surface area contributed by atoms with E-state index in [1.807, 2.05) is 25.1 Å². The number of nitrogens with one attached hydrogen (secondary N) is 1. The van der Waals surface area contributed by atoms with E-state index in [0.717, 1.165) is 39.0 Å². The Morgan fingerprint density at radius 3 is 2.75 bits per heavy atom. The van der Waals surface area contributed by atoms with Gasteiger partial charge in [0.25, 0.3) is 0 Å². The Balaban J connectivity index is 1.66. The SMILES string of the molecule is CCOC(=O)c1ccc2sc3ncnc(N[C@H]4CC[C@H](N(C)C)CC4)c3c2c1. The third-order valence-electron chi connectivity index (χ3n) is 5.55. The number of aromatic nitrogens is 2. The zero-order valence-corrected chi connectivity index (χ0v) is 17.4. The highest BCUT2D eigenvalue weighted by molar-refractivity contribution is 7.25. The molecule has 148 valence electrons. The smallest absolute Gasteiger partial charge is 0.338 e. The van der Waals surface area contributed by atoms with Gasteiger partial charge < -0.3 is 15.0 Å². The molecule has 1 aliphatic rings. The van der Waals surface area contributed by atoms with E-state index in [2.05, 4.69) is 34.3 Å². The van der Waals surface area contributed by atoms with E-state index >= 15 is 0 Å². The standard InChI is InChI=1S/C21H26N4O2S/c1-4-27-21(26)13-5-10-17-16(11-13)18-19(22-12-23-20(18)28-17)24-14-6-8-15(9-7-14)25(2)3/h5,10-12,14-15H,4,6-9H2,1-3H3,(H,22,23,24)/t14-,15-. The number of benzene rings is 1. The summed E-state index contributed by atoms with van der Waals surface area (Å²) >= 11 is 1.63. The summed E-state index contributed by atoms with van der Waals surface area (Å²) in [6.45, 7) is 2.18. The van der Waals surface area contributed by atoms with Crippen LogP contribution in [0, 0.1) is 0 Å². The van der Waals surface area contributed by atoms with Gasteiger partial charge in [-0.1, -0.05) is 0 Å². The number of rotatable bonds is 5. The average molecular weight is 399 g/mol. The maximum Gasteiger partial charge on any atom is 0.338 e. The van der Waals surface area contributed by atoms with Crippen LogP contribution in [0.4, 0.5) is 5.82 Å². The van der Waals surface area contributed by atoms with Crippen molar-refractivity contribution in [2.24, 2.45) is 0 Å². The summed E-state index contributed by atoms with van der Waals surface area (Å²) in [6, 6.07) is 6.78. The molecule has 0 spiro atoms. The topological polar surface area (TPSA) is 67.3 Å². The molecule has 6 nitrogen and oxygen atoms in total. The van der Waals surface area contributed by atoms with Crippen LogP contribution in [0.3, 0.4) is 0 Å². The number of ether oxygens (including phenoxy) is 1. The molecule has 0 amide bonds. The molecule has 2 heterocycles. The van der Waals surface area contributed by atoms with Crippen LogP contribution in [0.25, 0.3) is 20.3 Å². The quantitative estimate of drug-likeness (QED) is 0.646. The van der Waals surface area contributed by atoms with Crippen molar-refractivity contribution in [2.45, 2.75) is 44.7 Å². The number of carbonyl (C=O) groups is 1. The van der Waals surface area contributed by atoms with Crippen LogP contribution < -0.4 is 5.32 Å². The Labute approximate surface area is 168 Å². The van der Waals surface area contributed by atoms with Gasteiger partial charge >= 0.3 is 5.97 Å². The van der Waals surface area contributed by atoms with Crippen LogP contribution in [0.1, 0.15) is 43.0 Å². The van der Waals surface area contributed by atoms with Crippen molar-refractivity contribution in [1.82, 2.24) is 14.9 Å². The lowest BCUT2D eigenvalue weighted by atomic mass is 9.90. The van der Waals surface area contributed by atoms with Gasteiger partial charge in [-0.05, 0) is 64.9 Å². The predicted octanol–water partition coefficient (Wildman–Crippen LogP) is 4.31. The molecule has 0 atom stereocenters. The molecular weight excluding hydrogens is 372 g/mol. The number of nitrogens with zero attached hydrogens (tertiary/aromatic N) is 3. The molecule has 28 heavy (non-hydrogen) atoms. The molecular formula is C21H26N4O2S. The van der Waals surface area contributed by atoms with Gasteiger partial charge in [0.1, 0.15) is 17.0 Å². The van der Waals surface area contributed by atoms with Gasteiger partial charge in [-0.15, -0.1) is 11.3 Å². The highest BCUT2D eigenvalue weighted by Crippen LogP contribution is 2.37. The van der Waals surface area contributed by atoms with Gasteiger partial charge in [-0.3, -0.25) is 0 Å².